The molecule has 1 N–H and O–H groups in total. The standard InChI is InChI=1S/C22H27FN6O2S/c1-2-13-32-22-26-20(28-9-11-31-12-10-28)18-15-25-29(21(18)27-22)8-7-24-19(30)14-16-3-5-17(23)6-4-16/h3-6,15H,2,7-14H2,1H3,(H,24,30). The molecule has 0 saturated carbocycles. The van der Waals surface area contributed by atoms with E-state index >= 15 is 0 Å². The highest BCUT2D eigenvalue weighted by Crippen LogP contribution is 2.28. The van der Waals surface area contributed by atoms with Crippen molar-refractivity contribution in [1.82, 2.24) is 25.1 Å². The van der Waals surface area contributed by atoms with Crippen molar-refractivity contribution in [2.24, 2.45) is 0 Å². The SMILES string of the molecule is CCCSc1nc(N2CCOCC2)c2cnn(CCNC(=O)Cc3ccc(F)cc3)c2n1. The van der Waals surface area contributed by atoms with E-state index in [1.807, 2.05) is 4.68 Å². The number of rotatable bonds is 9. The summed E-state index contributed by atoms with van der Waals surface area (Å²) in [4.78, 5) is 24.0. The summed E-state index contributed by atoms with van der Waals surface area (Å²) in [6, 6.07) is 5.96. The van der Waals surface area contributed by atoms with Crippen LogP contribution in [0.15, 0.2) is 35.6 Å². The Morgan fingerprint density at radius 1 is 1.22 bits per heavy atom. The Hall–Kier alpha value is -2.72. The molecule has 0 bridgehead atoms. The van der Waals surface area contributed by atoms with Crippen molar-refractivity contribution < 1.29 is 13.9 Å². The van der Waals surface area contributed by atoms with Crippen molar-refractivity contribution >= 4 is 34.5 Å². The number of benzene rings is 1. The molecule has 0 aliphatic carbocycles. The zero-order valence-electron chi connectivity index (χ0n) is 18.1. The van der Waals surface area contributed by atoms with Gasteiger partial charge in [-0.2, -0.15) is 5.10 Å². The molecule has 4 rings (SSSR count). The number of nitrogens with one attached hydrogen (secondary N) is 1. The van der Waals surface area contributed by atoms with Gasteiger partial charge in [0.2, 0.25) is 5.91 Å². The molecule has 1 aromatic carbocycles. The summed E-state index contributed by atoms with van der Waals surface area (Å²) in [5.74, 6) is 1.41. The first-order valence-electron chi connectivity index (χ1n) is 10.8. The maximum absolute atomic E-state index is 13.0. The molecule has 0 unspecified atom stereocenters. The zero-order chi connectivity index (χ0) is 22.3. The third kappa shape index (κ3) is 5.55. The smallest absolute Gasteiger partial charge is 0.224 e. The Balaban J connectivity index is 1.46. The largest absolute Gasteiger partial charge is 0.378 e. The van der Waals surface area contributed by atoms with Gasteiger partial charge in [-0.15, -0.1) is 0 Å². The number of anilines is 1. The molecule has 0 radical (unpaired) electrons. The fourth-order valence-corrected chi connectivity index (χ4v) is 4.20. The van der Waals surface area contributed by atoms with Crippen LogP contribution in [0.4, 0.5) is 10.2 Å². The average Bonchev–Trinajstić information content (AvgIpc) is 3.22. The monoisotopic (exact) mass is 458 g/mol. The van der Waals surface area contributed by atoms with Crippen LogP contribution in [0.2, 0.25) is 0 Å². The predicted molar refractivity (Wildman–Crippen MR) is 122 cm³/mol. The third-order valence-electron chi connectivity index (χ3n) is 5.13. The van der Waals surface area contributed by atoms with E-state index < -0.39 is 0 Å². The molecule has 32 heavy (non-hydrogen) atoms. The van der Waals surface area contributed by atoms with Gasteiger partial charge in [0.25, 0.3) is 0 Å². The molecule has 1 aliphatic heterocycles. The quantitative estimate of drug-likeness (QED) is 0.390. The number of hydrogen-bond acceptors (Lipinski definition) is 7. The maximum atomic E-state index is 13.0. The summed E-state index contributed by atoms with van der Waals surface area (Å²) in [6.45, 7) is 5.98. The summed E-state index contributed by atoms with van der Waals surface area (Å²) in [5.41, 5.74) is 1.54. The molecule has 10 heteroatoms. The number of thioether (sulfide) groups is 1. The maximum Gasteiger partial charge on any atom is 0.224 e. The van der Waals surface area contributed by atoms with Gasteiger partial charge in [-0.25, -0.2) is 19.0 Å². The Morgan fingerprint density at radius 3 is 2.75 bits per heavy atom. The highest BCUT2D eigenvalue weighted by atomic mass is 32.2. The number of carbonyl (C=O) groups is 1. The van der Waals surface area contributed by atoms with Crippen molar-refractivity contribution in [3.05, 3.63) is 41.8 Å². The first kappa shape index (κ1) is 22.5. The van der Waals surface area contributed by atoms with E-state index in [2.05, 4.69) is 22.2 Å². The highest BCUT2D eigenvalue weighted by Gasteiger charge is 2.20. The summed E-state index contributed by atoms with van der Waals surface area (Å²) in [5, 5.41) is 9.07. The van der Waals surface area contributed by atoms with Crippen LogP contribution in [0.5, 0.6) is 0 Å². The van der Waals surface area contributed by atoms with Gasteiger partial charge >= 0.3 is 0 Å². The molecule has 8 nitrogen and oxygen atoms in total. The van der Waals surface area contributed by atoms with Gasteiger partial charge in [0.15, 0.2) is 10.8 Å². The van der Waals surface area contributed by atoms with Crippen LogP contribution in [-0.4, -0.2) is 64.3 Å². The summed E-state index contributed by atoms with van der Waals surface area (Å²) in [7, 11) is 0. The van der Waals surface area contributed by atoms with Crippen LogP contribution >= 0.6 is 11.8 Å². The van der Waals surface area contributed by atoms with E-state index in [4.69, 9.17) is 14.7 Å². The van der Waals surface area contributed by atoms with Crippen molar-refractivity contribution in [2.75, 3.05) is 43.5 Å². The molecular weight excluding hydrogens is 431 g/mol. The predicted octanol–water partition coefficient (Wildman–Crippen LogP) is 2.66. The lowest BCUT2D eigenvalue weighted by atomic mass is 10.1. The fraction of sp³-hybridized carbons (Fsp3) is 0.455. The van der Waals surface area contributed by atoms with E-state index in [0.29, 0.717) is 26.3 Å². The molecular formula is C22H27FN6O2S. The number of fused-ring (bicyclic) bond motifs is 1. The first-order valence-corrected chi connectivity index (χ1v) is 11.8. The summed E-state index contributed by atoms with van der Waals surface area (Å²) >= 11 is 1.64. The molecule has 0 spiro atoms. The van der Waals surface area contributed by atoms with Crippen LogP contribution < -0.4 is 10.2 Å². The minimum Gasteiger partial charge on any atom is -0.378 e. The van der Waals surface area contributed by atoms with Gasteiger partial charge in [-0.3, -0.25) is 4.79 Å². The molecule has 1 amide bonds. The number of morpholine rings is 1. The lowest BCUT2D eigenvalue weighted by molar-refractivity contribution is -0.120. The van der Waals surface area contributed by atoms with E-state index in [9.17, 15) is 9.18 Å². The summed E-state index contributed by atoms with van der Waals surface area (Å²) < 4.78 is 20.3. The molecule has 1 fully saturated rings. The zero-order valence-corrected chi connectivity index (χ0v) is 18.9. The molecule has 3 aromatic rings. The van der Waals surface area contributed by atoms with E-state index in [-0.39, 0.29) is 18.1 Å². The van der Waals surface area contributed by atoms with Crippen molar-refractivity contribution in [1.29, 1.82) is 0 Å². The number of nitrogens with zero attached hydrogens (tertiary/aromatic N) is 5. The minimum atomic E-state index is -0.311. The second-order valence-electron chi connectivity index (χ2n) is 7.54. The second-order valence-corrected chi connectivity index (χ2v) is 8.60. The summed E-state index contributed by atoms with van der Waals surface area (Å²) in [6.07, 6.45) is 3.05. The Morgan fingerprint density at radius 2 is 2.00 bits per heavy atom. The molecule has 0 atom stereocenters. The number of aromatic nitrogens is 4. The minimum absolute atomic E-state index is 0.115. The Labute approximate surface area is 190 Å². The van der Waals surface area contributed by atoms with Crippen LogP contribution in [0.25, 0.3) is 11.0 Å². The molecule has 1 aliphatic rings. The normalized spacial score (nSPS) is 14.1. The molecule has 1 saturated heterocycles. The van der Waals surface area contributed by atoms with Gasteiger partial charge in [-0.1, -0.05) is 30.8 Å². The second kappa shape index (κ2) is 10.7. The first-order chi connectivity index (χ1) is 15.6. The van der Waals surface area contributed by atoms with E-state index in [0.717, 1.165) is 52.8 Å². The number of hydrogen-bond donors (Lipinski definition) is 1. The lowest BCUT2D eigenvalue weighted by Crippen LogP contribution is -2.37. The van der Waals surface area contributed by atoms with Crippen LogP contribution in [-0.2, 0) is 22.5 Å². The Bertz CT molecular complexity index is 1050. The molecule has 2 aromatic heterocycles. The number of ether oxygens (including phenoxy) is 1. The third-order valence-corrected chi connectivity index (χ3v) is 6.18. The van der Waals surface area contributed by atoms with Crippen molar-refractivity contribution in [3.8, 4) is 0 Å². The van der Waals surface area contributed by atoms with Gasteiger partial charge < -0.3 is 15.0 Å². The fourth-order valence-electron chi connectivity index (χ4n) is 3.51. The number of halogens is 1. The van der Waals surface area contributed by atoms with Gasteiger partial charge in [0, 0.05) is 25.4 Å². The lowest BCUT2D eigenvalue weighted by Gasteiger charge is -2.28. The van der Waals surface area contributed by atoms with Crippen molar-refractivity contribution in [2.45, 2.75) is 31.5 Å². The molecule has 3 heterocycles. The highest BCUT2D eigenvalue weighted by molar-refractivity contribution is 7.99. The van der Waals surface area contributed by atoms with E-state index in [1.54, 1.807) is 30.1 Å². The van der Waals surface area contributed by atoms with Gasteiger partial charge in [0.1, 0.15) is 11.6 Å². The van der Waals surface area contributed by atoms with Crippen molar-refractivity contribution in [3.63, 3.8) is 0 Å². The number of carbonyl (C=O) groups excluding carboxylic acids is 1. The topological polar surface area (TPSA) is 85.2 Å². The number of amides is 1. The van der Waals surface area contributed by atoms with Crippen LogP contribution in [0, 0.1) is 5.82 Å². The van der Waals surface area contributed by atoms with Gasteiger partial charge in [0.05, 0.1) is 37.8 Å². The van der Waals surface area contributed by atoms with E-state index in [1.165, 1.54) is 12.1 Å². The Kier molecular flexibility index (Phi) is 7.54. The van der Waals surface area contributed by atoms with Crippen LogP contribution in [0.3, 0.4) is 0 Å². The van der Waals surface area contributed by atoms with Gasteiger partial charge in [-0.05, 0) is 24.1 Å². The average molecular weight is 459 g/mol. The van der Waals surface area contributed by atoms with Crippen LogP contribution in [0.1, 0.15) is 18.9 Å². The molecule has 170 valence electrons.